The van der Waals surface area contributed by atoms with Crippen LogP contribution in [0.2, 0.25) is 0 Å². The summed E-state index contributed by atoms with van der Waals surface area (Å²) in [7, 11) is 1.65. The second-order valence-corrected chi connectivity index (χ2v) is 3.57. The molecule has 0 bridgehead atoms. The predicted molar refractivity (Wildman–Crippen MR) is 64.2 cm³/mol. The maximum absolute atomic E-state index is 5.51. The lowest BCUT2D eigenvalue weighted by molar-refractivity contribution is 0.112. The summed E-state index contributed by atoms with van der Waals surface area (Å²) in [5.74, 6) is 6.33. The van der Waals surface area contributed by atoms with Crippen molar-refractivity contribution in [3.8, 4) is 5.75 Å². The van der Waals surface area contributed by atoms with Gasteiger partial charge in [-0.1, -0.05) is 19.1 Å². The third-order valence-corrected chi connectivity index (χ3v) is 2.33. The molecule has 90 valence electrons. The molecular weight excluding hydrogens is 204 g/mol. The molecule has 0 aliphatic carbocycles. The summed E-state index contributed by atoms with van der Waals surface area (Å²) < 4.78 is 10.6. The minimum Gasteiger partial charge on any atom is -0.497 e. The highest BCUT2D eigenvalue weighted by Crippen LogP contribution is 2.18. The average Bonchev–Trinajstić information content (AvgIpc) is 2.35. The van der Waals surface area contributed by atoms with E-state index in [2.05, 4.69) is 12.3 Å². The first-order chi connectivity index (χ1) is 7.81. The van der Waals surface area contributed by atoms with Crippen LogP contribution < -0.4 is 16.0 Å². The number of nitrogens with one attached hydrogen (secondary N) is 1. The molecule has 0 heterocycles. The summed E-state index contributed by atoms with van der Waals surface area (Å²) in [5, 5.41) is 0. The van der Waals surface area contributed by atoms with E-state index in [4.69, 9.17) is 15.3 Å². The SMILES string of the molecule is CCCOCC(NN)c1cccc(OC)c1. The molecule has 1 unspecified atom stereocenters. The van der Waals surface area contributed by atoms with E-state index in [0.29, 0.717) is 6.61 Å². The van der Waals surface area contributed by atoms with Crippen molar-refractivity contribution < 1.29 is 9.47 Å². The summed E-state index contributed by atoms with van der Waals surface area (Å²) in [5.41, 5.74) is 3.82. The van der Waals surface area contributed by atoms with Crippen molar-refractivity contribution in [3.63, 3.8) is 0 Å². The molecular formula is C12H20N2O2. The Labute approximate surface area is 96.7 Å². The van der Waals surface area contributed by atoms with Gasteiger partial charge in [0.2, 0.25) is 0 Å². The van der Waals surface area contributed by atoms with E-state index in [-0.39, 0.29) is 6.04 Å². The number of hydrogen-bond donors (Lipinski definition) is 2. The fourth-order valence-corrected chi connectivity index (χ4v) is 1.44. The Kier molecular flexibility index (Phi) is 5.85. The van der Waals surface area contributed by atoms with Gasteiger partial charge in [0.05, 0.1) is 19.8 Å². The third-order valence-electron chi connectivity index (χ3n) is 2.33. The number of benzene rings is 1. The molecule has 0 fully saturated rings. The molecule has 1 rings (SSSR count). The van der Waals surface area contributed by atoms with Gasteiger partial charge >= 0.3 is 0 Å². The Bertz CT molecular complexity index is 305. The Balaban J connectivity index is 2.62. The number of rotatable bonds is 7. The summed E-state index contributed by atoms with van der Waals surface area (Å²) in [6.07, 6.45) is 1.01. The van der Waals surface area contributed by atoms with Gasteiger partial charge in [-0.25, -0.2) is 0 Å². The monoisotopic (exact) mass is 224 g/mol. The first kappa shape index (κ1) is 13.0. The van der Waals surface area contributed by atoms with Gasteiger partial charge in [0.1, 0.15) is 5.75 Å². The second-order valence-electron chi connectivity index (χ2n) is 3.57. The summed E-state index contributed by atoms with van der Waals surface area (Å²) in [4.78, 5) is 0. The Hall–Kier alpha value is -1.10. The van der Waals surface area contributed by atoms with Crippen molar-refractivity contribution in [2.45, 2.75) is 19.4 Å². The zero-order valence-corrected chi connectivity index (χ0v) is 9.90. The van der Waals surface area contributed by atoms with Crippen LogP contribution in [0.15, 0.2) is 24.3 Å². The van der Waals surface area contributed by atoms with E-state index in [9.17, 15) is 0 Å². The maximum Gasteiger partial charge on any atom is 0.119 e. The van der Waals surface area contributed by atoms with Crippen LogP contribution in [0.25, 0.3) is 0 Å². The van der Waals surface area contributed by atoms with E-state index >= 15 is 0 Å². The number of methoxy groups -OCH3 is 1. The van der Waals surface area contributed by atoms with E-state index in [1.807, 2.05) is 24.3 Å². The molecule has 4 nitrogen and oxygen atoms in total. The van der Waals surface area contributed by atoms with Crippen LogP contribution >= 0.6 is 0 Å². The third kappa shape index (κ3) is 3.81. The number of nitrogens with two attached hydrogens (primary N) is 1. The van der Waals surface area contributed by atoms with Crippen LogP contribution in [-0.2, 0) is 4.74 Å². The van der Waals surface area contributed by atoms with Gasteiger partial charge in [0, 0.05) is 6.61 Å². The Morgan fingerprint density at radius 3 is 2.88 bits per heavy atom. The molecule has 3 N–H and O–H groups in total. The molecule has 0 radical (unpaired) electrons. The van der Waals surface area contributed by atoms with Crippen molar-refractivity contribution in [2.24, 2.45) is 5.84 Å². The molecule has 0 aromatic heterocycles. The zero-order valence-electron chi connectivity index (χ0n) is 9.90. The zero-order chi connectivity index (χ0) is 11.8. The lowest BCUT2D eigenvalue weighted by Gasteiger charge is -2.17. The molecule has 4 heteroatoms. The Morgan fingerprint density at radius 2 is 2.25 bits per heavy atom. The van der Waals surface area contributed by atoms with Crippen molar-refractivity contribution in [1.82, 2.24) is 5.43 Å². The van der Waals surface area contributed by atoms with Gasteiger partial charge in [-0.05, 0) is 24.1 Å². The molecule has 16 heavy (non-hydrogen) atoms. The van der Waals surface area contributed by atoms with Crippen molar-refractivity contribution >= 4 is 0 Å². The van der Waals surface area contributed by atoms with Crippen molar-refractivity contribution in [1.29, 1.82) is 0 Å². The van der Waals surface area contributed by atoms with Crippen LogP contribution in [-0.4, -0.2) is 20.3 Å². The van der Waals surface area contributed by atoms with Crippen LogP contribution in [0.3, 0.4) is 0 Å². The van der Waals surface area contributed by atoms with Crippen LogP contribution in [0.4, 0.5) is 0 Å². The largest absolute Gasteiger partial charge is 0.497 e. The Morgan fingerprint density at radius 1 is 1.44 bits per heavy atom. The van der Waals surface area contributed by atoms with E-state index < -0.39 is 0 Å². The molecule has 0 aliphatic rings. The standard InChI is InChI=1S/C12H20N2O2/c1-3-7-16-9-12(14-13)10-5-4-6-11(8-10)15-2/h4-6,8,12,14H,3,7,9,13H2,1-2H3. The number of ether oxygens (including phenoxy) is 2. The maximum atomic E-state index is 5.51. The van der Waals surface area contributed by atoms with Crippen molar-refractivity contribution in [2.75, 3.05) is 20.3 Å². The van der Waals surface area contributed by atoms with E-state index in [1.165, 1.54) is 0 Å². The summed E-state index contributed by atoms with van der Waals surface area (Å²) in [6, 6.07) is 7.81. The summed E-state index contributed by atoms with van der Waals surface area (Å²) >= 11 is 0. The molecule has 0 saturated carbocycles. The molecule has 0 saturated heterocycles. The molecule has 0 aliphatic heterocycles. The summed E-state index contributed by atoms with van der Waals surface area (Å²) in [6.45, 7) is 3.40. The van der Waals surface area contributed by atoms with E-state index in [1.54, 1.807) is 7.11 Å². The van der Waals surface area contributed by atoms with Crippen molar-refractivity contribution in [3.05, 3.63) is 29.8 Å². The molecule has 0 amide bonds. The lowest BCUT2D eigenvalue weighted by atomic mass is 10.1. The van der Waals surface area contributed by atoms with Crippen LogP contribution in [0, 0.1) is 0 Å². The van der Waals surface area contributed by atoms with Gasteiger partial charge in [-0.3, -0.25) is 11.3 Å². The lowest BCUT2D eigenvalue weighted by Crippen LogP contribution is -2.31. The average molecular weight is 224 g/mol. The smallest absolute Gasteiger partial charge is 0.119 e. The van der Waals surface area contributed by atoms with Gasteiger partial charge in [-0.15, -0.1) is 0 Å². The first-order valence-corrected chi connectivity index (χ1v) is 5.49. The highest BCUT2D eigenvalue weighted by Gasteiger charge is 2.10. The van der Waals surface area contributed by atoms with E-state index in [0.717, 1.165) is 24.3 Å². The minimum absolute atomic E-state index is 0.00153. The molecule has 1 atom stereocenters. The number of hydrogen-bond acceptors (Lipinski definition) is 4. The highest BCUT2D eigenvalue weighted by molar-refractivity contribution is 5.30. The quantitative estimate of drug-likeness (QED) is 0.420. The van der Waals surface area contributed by atoms with Crippen LogP contribution in [0.5, 0.6) is 5.75 Å². The fraction of sp³-hybridized carbons (Fsp3) is 0.500. The highest BCUT2D eigenvalue weighted by atomic mass is 16.5. The van der Waals surface area contributed by atoms with Gasteiger partial charge in [-0.2, -0.15) is 0 Å². The minimum atomic E-state index is 0.00153. The fourth-order valence-electron chi connectivity index (χ4n) is 1.44. The molecule has 1 aromatic carbocycles. The van der Waals surface area contributed by atoms with Crippen LogP contribution in [0.1, 0.15) is 24.9 Å². The first-order valence-electron chi connectivity index (χ1n) is 5.49. The second kappa shape index (κ2) is 7.22. The number of hydrazine groups is 1. The van der Waals surface area contributed by atoms with Gasteiger partial charge in [0.25, 0.3) is 0 Å². The molecule has 1 aromatic rings. The van der Waals surface area contributed by atoms with Gasteiger partial charge in [0.15, 0.2) is 0 Å². The normalized spacial score (nSPS) is 12.4. The van der Waals surface area contributed by atoms with Gasteiger partial charge < -0.3 is 9.47 Å². The predicted octanol–water partition coefficient (Wildman–Crippen LogP) is 1.63. The topological polar surface area (TPSA) is 56.5 Å². The molecule has 0 spiro atoms.